The molecule has 1 unspecified atom stereocenters. The second-order valence-electron chi connectivity index (χ2n) is 7.17. The van der Waals surface area contributed by atoms with Gasteiger partial charge in [0.2, 0.25) is 5.91 Å². The van der Waals surface area contributed by atoms with Crippen LogP contribution in [0.4, 0.5) is 5.82 Å². The number of aromatic nitrogens is 1. The fraction of sp³-hybridized carbons (Fsp3) is 0.208. The zero-order valence-corrected chi connectivity index (χ0v) is 18.1. The van der Waals surface area contributed by atoms with E-state index in [1.54, 1.807) is 25.1 Å². The summed E-state index contributed by atoms with van der Waals surface area (Å²) in [5.41, 5.74) is 2.28. The third kappa shape index (κ3) is 4.72. The minimum Gasteiger partial charge on any atom is -0.497 e. The molecule has 0 fully saturated rings. The Bertz CT molecular complexity index is 1100. The molecule has 6 nitrogen and oxygen atoms in total. The third-order valence-corrected chi connectivity index (χ3v) is 6.24. The Hall–Kier alpha value is -3.32. The van der Waals surface area contributed by atoms with Crippen LogP contribution in [0.3, 0.4) is 0 Å². The van der Waals surface area contributed by atoms with Crippen molar-refractivity contribution in [1.29, 1.82) is 0 Å². The van der Waals surface area contributed by atoms with Gasteiger partial charge >= 0.3 is 5.97 Å². The van der Waals surface area contributed by atoms with Crippen LogP contribution in [0.25, 0.3) is 0 Å². The molecule has 1 atom stereocenters. The molecule has 4 rings (SSSR count). The van der Waals surface area contributed by atoms with Gasteiger partial charge in [0, 0.05) is 13.2 Å². The van der Waals surface area contributed by atoms with Gasteiger partial charge in [0.05, 0.1) is 22.8 Å². The lowest BCUT2D eigenvalue weighted by Gasteiger charge is -2.30. The lowest BCUT2D eigenvalue weighted by atomic mass is 10.1. The molecule has 0 N–H and O–H groups in total. The summed E-state index contributed by atoms with van der Waals surface area (Å²) in [5, 5.41) is -0.273. The Kier molecular flexibility index (Phi) is 6.23. The molecule has 2 aromatic carbocycles. The second kappa shape index (κ2) is 9.22. The Labute approximate surface area is 185 Å². The van der Waals surface area contributed by atoms with Gasteiger partial charge in [-0.25, -0.2) is 9.78 Å². The topological polar surface area (TPSA) is 68.7 Å². The van der Waals surface area contributed by atoms with Gasteiger partial charge in [-0.1, -0.05) is 42.5 Å². The minimum atomic E-state index is -0.460. The molecule has 0 bridgehead atoms. The van der Waals surface area contributed by atoms with Crippen LogP contribution in [-0.2, 0) is 22.6 Å². The van der Waals surface area contributed by atoms with Crippen LogP contribution in [0, 0.1) is 0 Å². The van der Waals surface area contributed by atoms with E-state index in [4.69, 9.17) is 9.47 Å². The van der Waals surface area contributed by atoms with Gasteiger partial charge < -0.3 is 9.47 Å². The molecular weight excluding hydrogens is 412 g/mol. The molecule has 0 aliphatic carbocycles. The highest BCUT2D eigenvalue weighted by atomic mass is 32.2. The van der Waals surface area contributed by atoms with E-state index in [1.807, 2.05) is 54.6 Å². The van der Waals surface area contributed by atoms with Gasteiger partial charge in [-0.2, -0.15) is 0 Å². The van der Waals surface area contributed by atoms with E-state index in [0.717, 1.165) is 16.0 Å². The number of methoxy groups -OCH3 is 1. The van der Waals surface area contributed by atoms with Gasteiger partial charge in [-0.15, -0.1) is 11.8 Å². The number of fused-ring (bicyclic) bond motifs is 1. The Morgan fingerprint density at radius 3 is 2.65 bits per heavy atom. The number of thioether (sulfide) groups is 1. The number of esters is 1. The molecule has 158 valence electrons. The van der Waals surface area contributed by atoms with Crippen molar-refractivity contribution < 1.29 is 19.1 Å². The van der Waals surface area contributed by atoms with Gasteiger partial charge in [-0.3, -0.25) is 9.69 Å². The van der Waals surface area contributed by atoms with E-state index in [1.165, 1.54) is 18.0 Å². The normalized spacial score (nSPS) is 15.4. The van der Waals surface area contributed by atoms with Gasteiger partial charge in [0.25, 0.3) is 0 Å². The fourth-order valence-electron chi connectivity index (χ4n) is 3.36. The first-order valence-electron chi connectivity index (χ1n) is 9.83. The molecule has 1 amide bonds. The molecular formula is C24H22N2O4S. The van der Waals surface area contributed by atoms with Crippen molar-refractivity contribution in [2.45, 2.75) is 23.2 Å². The average molecular weight is 435 g/mol. The van der Waals surface area contributed by atoms with Crippen LogP contribution in [0.2, 0.25) is 0 Å². The van der Waals surface area contributed by atoms with Crippen molar-refractivity contribution in [3.05, 3.63) is 83.6 Å². The summed E-state index contributed by atoms with van der Waals surface area (Å²) >= 11 is 1.44. The minimum absolute atomic E-state index is 0.00204. The molecule has 1 aromatic heterocycles. The van der Waals surface area contributed by atoms with Crippen molar-refractivity contribution in [2.24, 2.45) is 0 Å². The van der Waals surface area contributed by atoms with Gasteiger partial charge in [0.1, 0.15) is 18.2 Å². The second-order valence-corrected chi connectivity index (χ2v) is 8.41. The molecule has 0 radical (unpaired) electrons. The molecule has 0 saturated carbocycles. The van der Waals surface area contributed by atoms with Crippen molar-refractivity contribution in [2.75, 3.05) is 19.1 Å². The van der Waals surface area contributed by atoms with Gasteiger partial charge in [0.15, 0.2) is 0 Å². The van der Waals surface area contributed by atoms with E-state index in [-0.39, 0.29) is 17.8 Å². The molecule has 2 heterocycles. The monoisotopic (exact) mass is 434 g/mol. The van der Waals surface area contributed by atoms with Crippen LogP contribution < -0.4 is 9.64 Å². The average Bonchev–Trinajstić information content (AvgIpc) is 2.81. The SMILES string of the molecule is COc1cccc(COC(=O)c2cnc3c(c2)SC(Cc2ccccc2)C(=O)N3C)c1. The predicted octanol–water partition coefficient (Wildman–Crippen LogP) is 4.13. The number of benzene rings is 2. The highest BCUT2D eigenvalue weighted by Gasteiger charge is 2.33. The Balaban J connectivity index is 1.48. The zero-order valence-electron chi connectivity index (χ0n) is 17.3. The van der Waals surface area contributed by atoms with Crippen LogP contribution in [0.1, 0.15) is 21.5 Å². The predicted molar refractivity (Wildman–Crippen MR) is 120 cm³/mol. The summed E-state index contributed by atoms with van der Waals surface area (Å²) in [6.07, 6.45) is 2.06. The first-order chi connectivity index (χ1) is 15.0. The van der Waals surface area contributed by atoms with E-state index in [2.05, 4.69) is 4.98 Å². The standard InChI is InChI=1S/C24H22N2O4S/c1-26-22-20(31-21(23(26)27)12-16-7-4-3-5-8-16)13-18(14-25-22)24(28)30-15-17-9-6-10-19(11-17)29-2/h3-11,13-14,21H,12,15H2,1-2H3. The van der Waals surface area contributed by atoms with Crippen molar-refractivity contribution in [3.8, 4) is 5.75 Å². The first kappa shape index (κ1) is 20.9. The van der Waals surface area contributed by atoms with Crippen LogP contribution in [0.5, 0.6) is 5.75 Å². The number of anilines is 1. The summed E-state index contributed by atoms with van der Waals surface area (Å²) in [6, 6.07) is 19.0. The lowest BCUT2D eigenvalue weighted by Crippen LogP contribution is -2.39. The molecule has 31 heavy (non-hydrogen) atoms. The molecule has 3 aromatic rings. The van der Waals surface area contributed by atoms with Crippen LogP contribution >= 0.6 is 11.8 Å². The smallest absolute Gasteiger partial charge is 0.340 e. The van der Waals surface area contributed by atoms with Crippen LogP contribution in [0.15, 0.2) is 71.8 Å². The van der Waals surface area contributed by atoms with Crippen molar-refractivity contribution in [3.63, 3.8) is 0 Å². The van der Waals surface area contributed by atoms with E-state index >= 15 is 0 Å². The Morgan fingerprint density at radius 2 is 1.87 bits per heavy atom. The summed E-state index contributed by atoms with van der Waals surface area (Å²) in [4.78, 5) is 32.1. The van der Waals surface area contributed by atoms with E-state index < -0.39 is 5.97 Å². The van der Waals surface area contributed by atoms with Gasteiger partial charge in [-0.05, 0) is 35.7 Å². The maximum Gasteiger partial charge on any atom is 0.340 e. The Morgan fingerprint density at radius 1 is 1.10 bits per heavy atom. The maximum absolute atomic E-state index is 12.8. The summed E-state index contributed by atoms with van der Waals surface area (Å²) in [5.74, 6) is 0.807. The number of pyridine rings is 1. The van der Waals surface area contributed by atoms with Crippen molar-refractivity contribution in [1.82, 2.24) is 4.98 Å². The lowest BCUT2D eigenvalue weighted by molar-refractivity contribution is -0.118. The number of amides is 1. The highest BCUT2D eigenvalue weighted by molar-refractivity contribution is 8.01. The summed E-state index contributed by atoms with van der Waals surface area (Å²) in [6.45, 7) is 0.134. The largest absolute Gasteiger partial charge is 0.497 e. The number of rotatable bonds is 6. The number of hydrogen-bond acceptors (Lipinski definition) is 6. The van der Waals surface area contributed by atoms with Crippen molar-refractivity contribution >= 4 is 29.5 Å². The quantitative estimate of drug-likeness (QED) is 0.544. The maximum atomic E-state index is 12.8. The zero-order chi connectivity index (χ0) is 21.8. The highest BCUT2D eigenvalue weighted by Crippen LogP contribution is 2.39. The van der Waals surface area contributed by atoms with E-state index in [9.17, 15) is 9.59 Å². The third-order valence-electron chi connectivity index (χ3n) is 5.03. The number of hydrogen-bond donors (Lipinski definition) is 0. The summed E-state index contributed by atoms with van der Waals surface area (Å²) < 4.78 is 10.6. The number of carbonyl (C=O) groups excluding carboxylic acids is 2. The fourth-order valence-corrected chi connectivity index (χ4v) is 4.69. The molecule has 0 saturated heterocycles. The summed E-state index contributed by atoms with van der Waals surface area (Å²) in [7, 11) is 3.31. The number of ether oxygens (including phenoxy) is 2. The molecule has 1 aliphatic heterocycles. The number of carbonyl (C=O) groups is 2. The number of nitrogens with zero attached hydrogens (tertiary/aromatic N) is 2. The molecule has 7 heteroatoms. The molecule has 1 aliphatic rings. The first-order valence-corrected chi connectivity index (χ1v) is 10.7. The van der Waals surface area contributed by atoms with E-state index in [0.29, 0.717) is 23.6 Å². The van der Waals surface area contributed by atoms with Crippen LogP contribution in [-0.4, -0.2) is 36.3 Å². The molecule has 0 spiro atoms.